The largest absolute Gasteiger partial charge is 0.378 e. The number of ketones is 1. The molecule has 0 bridgehead atoms. The van der Waals surface area contributed by atoms with Crippen LogP contribution >= 0.6 is 11.3 Å². The van der Waals surface area contributed by atoms with Crippen molar-refractivity contribution in [3.05, 3.63) is 46.2 Å². The van der Waals surface area contributed by atoms with Crippen molar-refractivity contribution in [3.63, 3.8) is 0 Å². The van der Waals surface area contributed by atoms with Crippen molar-refractivity contribution >= 4 is 40.3 Å². The fraction of sp³-hybridized carbons (Fsp3) is 0.409. The van der Waals surface area contributed by atoms with Crippen molar-refractivity contribution in [2.24, 2.45) is 0 Å². The molecule has 2 aromatic rings. The maximum atomic E-state index is 12.3. The van der Waals surface area contributed by atoms with Gasteiger partial charge in [-0.25, -0.2) is 0 Å². The number of hydrogen-bond acceptors (Lipinski definition) is 6. The normalized spacial score (nSPS) is 13.7. The SMILES string of the molecule is Cc1ccc(C(=O)CCC(=O)N(C)CC(=O)Nc2ccc(N3CCOCC3)cc2)s1. The van der Waals surface area contributed by atoms with Crippen LogP contribution in [0.15, 0.2) is 36.4 Å². The molecular formula is C22H27N3O4S. The summed E-state index contributed by atoms with van der Waals surface area (Å²) < 4.78 is 5.36. The second-order valence-electron chi connectivity index (χ2n) is 7.28. The molecule has 160 valence electrons. The molecule has 7 nitrogen and oxygen atoms in total. The predicted octanol–water partition coefficient (Wildman–Crippen LogP) is 2.95. The van der Waals surface area contributed by atoms with Gasteiger partial charge in [0.2, 0.25) is 11.8 Å². The molecule has 0 atom stereocenters. The van der Waals surface area contributed by atoms with Crippen LogP contribution in [0.2, 0.25) is 0 Å². The van der Waals surface area contributed by atoms with E-state index in [-0.39, 0.29) is 37.0 Å². The zero-order valence-corrected chi connectivity index (χ0v) is 18.2. The zero-order valence-electron chi connectivity index (χ0n) is 17.3. The van der Waals surface area contributed by atoms with Gasteiger partial charge in [0, 0.05) is 49.2 Å². The summed E-state index contributed by atoms with van der Waals surface area (Å²) in [4.78, 5) is 42.0. The summed E-state index contributed by atoms with van der Waals surface area (Å²) in [6, 6.07) is 11.3. The Morgan fingerprint density at radius 1 is 1.07 bits per heavy atom. The van der Waals surface area contributed by atoms with Gasteiger partial charge in [0.1, 0.15) is 0 Å². The number of carbonyl (C=O) groups excluding carboxylic acids is 3. The number of carbonyl (C=O) groups is 3. The maximum absolute atomic E-state index is 12.3. The highest BCUT2D eigenvalue weighted by Crippen LogP contribution is 2.19. The fourth-order valence-corrected chi connectivity index (χ4v) is 4.04. The predicted molar refractivity (Wildman–Crippen MR) is 118 cm³/mol. The number of hydrogen-bond donors (Lipinski definition) is 1. The van der Waals surface area contributed by atoms with Gasteiger partial charge >= 0.3 is 0 Å². The summed E-state index contributed by atoms with van der Waals surface area (Å²) in [6.07, 6.45) is 0.238. The second kappa shape index (κ2) is 10.4. The highest BCUT2D eigenvalue weighted by Gasteiger charge is 2.16. The number of benzene rings is 1. The van der Waals surface area contributed by atoms with Gasteiger partial charge in [0.05, 0.1) is 24.6 Å². The van der Waals surface area contributed by atoms with Gasteiger partial charge in [0.25, 0.3) is 0 Å². The molecule has 1 fully saturated rings. The van der Waals surface area contributed by atoms with E-state index in [1.54, 1.807) is 13.1 Å². The Bertz CT molecular complexity index is 888. The van der Waals surface area contributed by atoms with E-state index in [1.165, 1.54) is 16.2 Å². The molecule has 0 radical (unpaired) electrons. The number of nitrogens with zero attached hydrogens (tertiary/aromatic N) is 2. The van der Waals surface area contributed by atoms with E-state index in [0.29, 0.717) is 10.6 Å². The number of amides is 2. The summed E-state index contributed by atoms with van der Waals surface area (Å²) in [7, 11) is 1.57. The van der Waals surface area contributed by atoms with E-state index in [2.05, 4.69) is 10.2 Å². The Hall–Kier alpha value is -2.71. The minimum absolute atomic E-state index is 0.0420. The molecule has 1 aromatic heterocycles. The maximum Gasteiger partial charge on any atom is 0.243 e. The molecule has 0 saturated carbocycles. The first-order valence-corrected chi connectivity index (χ1v) is 10.8. The van der Waals surface area contributed by atoms with Crippen LogP contribution in [0.5, 0.6) is 0 Å². The lowest BCUT2D eigenvalue weighted by Gasteiger charge is -2.28. The first-order chi connectivity index (χ1) is 14.4. The smallest absolute Gasteiger partial charge is 0.243 e. The molecule has 1 aliphatic heterocycles. The molecule has 2 amide bonds. The van der Waals surface area contributed by atoms with Crippen molar-refractivity contribution < 1.29 is 19.1 Å². The van der Waals surface area contributed by atoms with Crippen molar-refractivity contribution in [1.29, 1.82) is 0 Å². The fourth-order valence-electron chi connectivity index (χ4n) is 3.20. The van der Waals surface area contributed by atoms with E-state index in [1.807, 2.05) is 37.3 Å². The second-order valence-corrected chi connectivity index (χ2v) is 8.57. The number of aryl methyl sites for hydroxylation is 1. The lowest BCUT2D eigenvalue weighted by molar-refractivity contribution is -0.133. The topological polar surface area (TPSA) is 79.0 Å². The number of likely N-dealkylation sites (N-methyl/N-ethyl adjacent to an activating group) is 1. The monoisotopic (exact) mass is 429 g/mol. The van der Waals surface area contributed by atoms with Crippen molar-refractivity contribution in [2.75, 3.05) is 50.1 Å². The average molecular weight is 430 g/mol. The standard InChI is InChI=1S/C22H27N3O4S/c1-16-3-9-20(30-16)19(26)8-10-22(28)24(2)15-21(27)23-17-4-6-18(7-5-17)25-11-13-29-14-12-25/h3-7,9H,8,10-15H2,1-2H3,(H,23,27). The molecule has 2 heterocycles. The molecule has 30 heavy (non-hydrogen) atoms. The number of Topliss-reactive ketones (excluding diaryl/α,β-unsaturated/α-hetero) is 1. The van der Waals surface area contributed by atoms with Crippen LogP contribution in [0, 0.1) is 6.92 Å². The van der Waals surface area contributed by atoms with Crippen LogP contribution in [0.25, 0.3) is 0 Å². The lowest BCUT2D eigenvalue weighted by atomic mass is 10.2. The van der Waals surface area contributed by atoms with Gasteiger partial charge in [0.15, 0.2) is 5.78 Å². The number of nitrogens with one attached hydrogen (secondary N) is 1. The van der Waals surface area contributed by atoms with Crippen LogP contribution in [0.4, 0.5) is 11.4 Å². The summed E-state index contributed by atoms with van der Waals surface area (Å²) in [6.45, 7) is 5.03. The van der Waals surface area contributed by atoms with Crippen LogP contribution in [-0.4, -0.2) is 62.4 Å². The molecule has 0 unspecified atom stereocenters. The van der Waals surface area contributed by atoms with Gasteiger partial charge in [-0.1, -0.05) is 0 Å². The third-order valence-electron chi connectivity index (χ3n) is 4.91. The molecule has 3 rings (SSSR count). The summed E-state index contributed by atoms with van der Waals surface area (Å²) in [5.41, 5.74) is 1.77. The highest BCUT2D eigenvalue weighted by molar-refractivity contribution is 7.14. The van der Waals surface area contributed by atoms with Gasteiger partial charge < -0.3 is 19.9 Å². The minimum atomic E-state index is -0.273. The third kappa shape index (κ3) is 6.14. The molecule has 1 aromatic carbocycles. The number of morpholine rings is 1. The Morgan fingerprint density at radius 2 is 1.77 bits per heavy atom. The van der Waals surface area contributed by atoms with Crippen molar-refractivity contribution in [1.82, 2.24) is 4.90 Å². The molecule has 8 heteroatoms. The van der Waals surface area contributed by atoms with Gasteiger partial charge in [-0.15, -0.1) is 11.3 Å². The minimum Gasteiger partial charge on any atom is -0.378 e. The van der Waals surface area contributed by atoms with Crippen LogP contribution in [0.3, 0.4) is 0 Å². The van der Waals surface area contributed by atoms with Crippen LogP contribution in [-0.2, 0) is 14.3 Å². The number of ether oxygens (including phenoxy) is 1. The summed E-state index contributed by atoms with van der Waals surface area (Å²) in [5, 5.41) is 2.81. The summed E-state index contributed by atoms with van der Waals surface area (Å²) >= 11 is 1.43. The van der Waals surface area contributed by atoms with Crippen molar-refractivity contribution in [3.8, 4) is 0 Å². The van der Waals surface area contributed by atoms with Gasteiger partial charge in [-0.05, 0) is 43.3 Å². The molecule has 0 spiro atoms. The van der Waals surface area contributed by atoms with Gasteiger partial charge in [-0.3, -0.25) is 14.4 Å². The molecule has 1 N–H and O–H groups in total. The Labute approximate surface area is 180 Å². The Balaban J connectivity index is 1.43. The van der Waals surface area contributed by atoms with Crippen molar-refractivity contribution in [2.45, 2.75) is 19.8 Å². The lowest BCUT2D eigenvalue weighted by Crippen LogP contribution is -2.36. The van der Waals surface area contributed by atoms with E-state index in [0.717, 1.165) is 36.9 Å². The van der Waals surface area contributed by atoms with Crippen LogP contribution in [0.1, 0.15) is 27.4 Å². The van der Waals surface area contributed by atoms with Gasteiger partial charge in [-0.2, -0.15) is 0 Å². The van der Waals surface area contributed by atoms with E-state index < -0.39 is 0 Å². The Morgan fingerprint density at radius 3 is 2.40 bits per heavy atom. The van der Waals surface area contributed by atoms with E-state index in [4.69, 9.17) is 4.74 Å². The van der Waals surface area contributed by atoms with E-state index in [9.17, 15) is 14.4 Å². The third-order valence-corrected chi connectivity index (χ3v) is 5.96. The number of thiophene rings is 1. The first-order valence-electron chi connectivity index (χ1n) is 9.98. The molecular weight excluding hydrogens is 402 g/mol. The van der Waals surface area contributed by atoms with Crippen LogP contribution < -0.4 is 10.2 Å². The molecule has 1 aliphatic rings. The average Bonchev–Trinajstić information content (AvgIpc) is 3.19. The number of rotatable bonds is 8. The molecule has 0 aliphatic carbocycles. The quantitative estimate of drug-likeness (QED) is 0.653. The first kappa shape index (κ1) is 22.0. The zero-order chi connectivity index (χ0) is 21.5. The number of anilines is 2. The van der Waals surface area contributed by atoms with E-state index >= 15 is 0 Å². The highest BCUT2D eigenvalue weighted by atomic mass is 32.1. The Kier molecular flexibility index (Phi) is 7.59. The summed E-state index contributed by atoms with van der Waals surface area (Å²) in [5.74, 6) is -0.542. The molecule has 1 saturated heterocycles.